The van der Waals surface area contributed by atoms with E-state index in [-0.39, 0.29) is 0 Å². The summed E-state index contributed by atoms with van der Waals surface area (Å²) in [6.45, 7) is 17.7. The van der Waals surface area contributed by atoms with Crippen molar-refractivity contribution >= 4 is 0 Å². The Hall–Kier alpha value is -0.0800. The second-order valence-corrected chi connectivity index (χ2v) is 5.01. The van der Waals surface area contributed by atoms with Gasteiger partial charge in [-0.15, -0.1) is 0 Å². The van der Waals surface area contributed by atoms with E-state index in [0.29, 0.717) is 6.04 Å². The van der Waals surface area contributed by atoms with Gasteiger partial charge in [0.05, 0.1) is 0 Å². The van der Waals surface area contributed by atoms with Crippen LogP contribution in [0.3, 0.4) is 0 Å². The van der Waals surface area contributed by atoms with E-state index < -0.39 is 0 Å². The molecule has 1 unspecified atom stereocenters. The van der Waals surface area contributed by atoms with Gasteiger partial charge in [0, 0.05) is 6.04 Å². The standard InChI is InChI=1S/C6H14.2C5H13N/c2*1-4-6(3)5-2;1-4-5(2)6-3/h6H,4-5H2,1-3H3;4-5H2,1-3H3;5-6H,4H2,1-3H3. The maximum atomic E-state index is 3.11. The topological polar surface area (TPSA) is 15.3 Å². The molecule has 2 nitrogen and oxygen atoms in total. The summed E-state index contributed by atoms with van der Waals surface area (Å²) < 4.78 is 0. The number of hydrogen-bond acceptors (Lipinski definition) is 2. The molecule has 0 aromatic rings. The summed E-state index contributed by atoms with van der Waals surface area (Å²) in [4.78, 5) is 2.25. The largest absolute Gasteiger partial charge is 0.317 e. The third kappa shape index (κ3) is 24.9. The molecule has 114 valence electrons. The Morgan fingerprint density at radius 3 is 1.22 bits per heavy atom. The smallest absolute Gasteiger partial charge is 0.00331 e. The molecule has 1 atom stereocenters. The first-order valence-corrected chi connectivity index (χ1v) is 7.78. The molecule has 0 rings (SSSR count). The molecule has 0 saturated carbocycles. The maximum absolute atomic E-state index is 3.11. The van der Waals surface area contributed by atoms with Gasteiger partial charge in [-0.05, 0) is 46.4 Å². The van der Waals surface area contributed by atoms with Gasteiger partial charge in [-0.3, -0.25) is 0 Å². The zero-order valence-corrected chi connectivity index (χ0v) is 14.6. The lowest BCUT2D eigenvalue weighted by Gasteiger charge is -2.07. The predicted molar refractivity (Wildman–Crippen MR) is 87.4 cm³/mol. The van der Waals surface area contributed by atoms with Gasteiger partial charge in [-0.25, -0.2) is 0 Å². The van der Waals surface area contributed by atoms with Crippen LogP contribution in [-0.4, -0.2) is 38.1 Å². The molecule has 2 heteroatoms. The molecule has 0 aromatic heterocycles. The maximum Gasteiger partial charge on any atom is 0.00331 e. The van der Waals surface area contributed by atoms with Crippen LogP contribution >= 0.6 is 0 Å². The lowest BCUT2D eigenvalue weighted by molar-refractivity contribution is 0.373. The Balaban J connectivity index is -0.000000187. The second kappa shape index (κ2) is 19.3. The van der Waals surface area contributed by atoms with Crippen molar-refractivity contribution < 1.29 is 0 Å². The number of rotatable bonds is 6. The third-order valence-electron chi connectivity index (χ3n) is 3.58. The van der Waals surface area contributed by atoms with E-state index in [9.17, 15) is 0 Å². The minimum Gasteiger partial charge on any atom is -0.317 e. The molecule has 0 fully saturated rings. The first-order chi connectivity index (χ1) is 8.42. The van der Waals surface area contributed by atoms with Gasteiger partial charge < -0.3 is 10.2 Å². The van der Waals surface area contributed by atoms with E-state index in [1.54, 1.807) is 0 Å². The van der Waals surface area contributed by atoms with Crippen LogP contribution in [0.4, 0.5) is 0 Å². The van der Waals surface area contributed by atoms with Crippen LogP contribution in [0.5, 0.6) is 0 Å². The monoisotopic (exact) mass is 260 g/mol. The number of nitrogens with zero attached hydrogens (tertiary/aromatic N) is 1. The molecule has 0 bridgehead atoms. The van der Waals surface area contributed by atoms with Crippen molar-refractivity contribution in [3.05, 3.63) is 0 Å². The van der Waals surface area contributed by atoms with Crippen molar-refractivity contribution in [1.29, 1.82) is 0 Å². The van der Waals surface area contributed by atoms with E-state index in [2.05, 4.69) is 65.7 Å². The lowest BCUT2D eigenvalue weighted by Crippen LogP contribution is -2.19. The summed E-state index contributed by atoms with van der Waals surface area (Å²) >= 11 is 0. The zero-order chi connectivity index (χ0) is 15.0. The van der Waals surface area contributed by atoms with Crippen LogP contribution in [0, 0.1) is 5.92 Å². The fourth-order valence-corrected chi connectivity index (χ4v) is 0.716. The molecule has 0 spiro atoms. The minimum absolute atomic E-state index is 0.685. The molecule has 0 aromatic carbocycles. The highest BCUT2D eigenvalue weighted by Gasteiger charge is 1.88. The third-order valence-corrected chi connectivity index (χ3v) is 3.58. The number of hydrogen-bond donors (Lipinski definition) is 1. The summed E-state index contributed by atoms with van der Waals surface area (Å²) in [5.41, 5.74) is 0. The van der Waals surface area contributed by atoms with Gasteiger partial charge in [0.25, 0.3) is 0 Å². The van der Waals surface area contributed by atoms with Crippen LogP contribution < -0.4 is 5.32 Å². The summed E-state index contributed by atoms with van der Waals surface area (Å²) in [6, 6.07) is 0.685. The van der Waals surface area contributed by atoms with E-state index in [4.69, 9.17) is 0 Å². The highest BCUT2D eigenvalue weighted by molar-refractivity contribution is 4.49. The first-order valence-electron chi connectivity index (χ1n) is 7.78. The van der Waals surface area contributed by atoms with Gasteiger partial charge in [-0.1, -0.05) is 54.4 Å². The van der Waals surface area contributed by atoms with Gasteiger partial charge in [0.15, 0.2) is 0 Å². The van der Waals surface area contributed by atoms with Gasteiger partial charge in [0.1, 0.15) is 0 Å². The van der Waals surface area contributed by atoms with E-state index in [0.717, 1.165) is 19.0 Å². The Bertz CT molecular complexity index is 90.5. The van der Waals surface area contributed by atoms with Crippen LogP contribution in [0.15, 0.2) is 0 Å². The number of nitrogens with one attached hydrogen (secondary N) is 1. The average Bonchev–Trinajstić information content (AvgIpc) is 2.45. The Kier molecular flexibility index (Phi) is 24.7. The minimum atomic E-state index is 0.685. The molecule has 0 heterocycles. The Morgan fingerprint density at radius 2 is 1.22 bits per heavy atom. The molecule has 1 N–H and O–H groups in total. The van der Waals surface area contributed by atoms with E-state index >= 15 is 0 Å². The molecule has 0 amide bonds. The van der Waals surface area contributed by atoms with Crippen LogP contribution in [0.2, 0.25) is 0 Å². The van der Waals surface area contributed by atoms with Crippen LogP contribution in [0.25, 0.3) is 0 Å². The second-order valence-electron chi connectivity index (χ2n) is 5.01. The predicted octanol–water partition coefficient (Wildman–Crippen LogP) is 4.40. The Labute approximate surface area is 118 Å². The van der Waals surface area contributed by atoms with Crippen molar-refractivity contribution in [2.75, 3.05) is 27.2 Å². The zero-order valence-electron chi connectivity index (χ0n) is 14.6. The van der Waals surface area contributed by atoms with E-state index in [1.807, 2.05) is 7.05 Å². The van der Waals surface area contributed by atoms with Crippen molar-refractivity contribution in [3.8, 4) is 0 Å². The summed E-state index contributed by atoms with van der Waals surface area (Å²) in [5, 5.41) is 3.11. The highest BCUT2D eigenvalue weighted by Crippen LogP contribution is 2.02. The van der Waals surface area contributed by atoms with Crippen molar-refractivity contribution in [1.82, 2.24) is 10.2 Å². The first kappa shape index (κ1) is 23.0. The fourth-order valence-electron chi connectivity index (χ4n) is 0.716. The van der Waals surface area contributed by atoms with Crippen molar-refractivity contribution in [2.45, 2.75) is 73.8 Å². The normalized spacial score (nSPS) is 11.5. The average molecular weight is 261 g/mol. The van der Waals surface area contributed by atoms with Crippen molar-refractivity contribution in [3.63, 3.8) is 0 Å². The molecular formula is C16H40N2. The van der Waals surface area contributed by atoms with Gasteiger partial charge in [0.2, 0.25) is 0 Å². The van der Waals surface area contributed by atoms with E-state index in [1.165, 1.54) is 19.3 Å². The molecule has 0 aliphatic rings. The molecule has 0 radical (unpaired) electrons. The fraction of sp³-hybridized carbons (Fsp3) is 1.00. The molecular weight excluding hydrogens is 220 g/mol. The molecule has 0 aliphatic heterocycles. The van der Waals surface area contributed by atoms with Gasteiger partial charge >= 0.3 is 0 Å². The summed E-state index contributed by atoms with van der Waals surface area (Å²) in [6.07, 6.45) is 3.88. The molecule has 18 heavy (non-hydrogen) atoms. The van der Waals surface area contributed by atoms with Crippen LogP contribution in [-0.2, 0) is 0 Å². The quantitative estimate of drug-likeness (QED) is 0.761. The van der Waals surface area contributed by atoms with Crippen molar-refractivity contribution in [2.24, 2.45) is 5.92 Å². The summed E-state index contributed by atoms with van der Waals surface area (Å²) in [5.74, 6) is 0.935. The van der Waals surface area contributed by atoms with Crippen LogP contribution in [0.1, 0.15) is 67.7 Å². The molecule has 0 aliphatic carbocycles. The lowest BCUT2D eigenvalue weighted by atomic mass is 10.1. The van der Waals surface area contributed by atoms with Gasteiger partial charge in [-0.2, -0.15) is 0 Å². The summed E-state index contributed by atoms with van der Waals surface area (Å²) in [7, 11) is 4.09. The highest BCUT2D eigenvalue weighted by atomic mass is 15.1. The SMILES string of the molecule is CCC(C)CC.CCC(C)NC.CCN(C)CC. The molecule has 0 saturated heterocycles. The Morgan fingerprint density at radius 1 is 0.833 bits per heavy atom.